The van der Waals surface area contributed by atoms with Gasteiger partial charge in [0, 0.05) is 6.42 Å². The maximum Gasteiger partial charge on any atom is 0.220 e. The lowest BCUT2D eigenvalue weighted by Crippen LogP contribution is -2.29. The van der Waals surface area contributed by atoms with E-state index in [1.165, 1.54) is 12.0 Å². The second kappa shape index (κ2) is 8.57. The number of amides is 1. The highest BCUT2D eigenvalue weighted by Crippen LogP contribution is 2.30. The van der Waals surface area contributed by atoms with Gasteiger partial charge in [-0.15, -0.1) is 0 Å². The summed E-state index contributed by atoms with van der Waals surface area (Å²) in [6.45, 7) is 2.91. The van der Waals surface area contributed by atoms with Crippen molar-refractivity contribution in [3.05, 3.63) is 65.2 Å². The molecule has 2 atom stereocenters. The van der Waals surface area contributed by atoms with Gasteiger partial charge in [0.15, 0.2) is 0 Å². The summed E-state index contributed by atoms with van der Waals surface area (Å²) >= 11 is 0. The van der Waals surface area contributed by atoms with Crippen LogP contribution in [0, 0.1) is 5.92 Å². The molecule has 0 aliphatic carbocycles. The van der Waals surface area contributed by atoms with Gasteiger partial charge < -0.3 is 15.4 Å². The van der Waals surface area contributed by atoms with E-state index in [2.05, 4.69) is 41.0 Å². The average molecular weight is 364 g/mol. The molecule has 2 N–H and O–H groups in total. The maximum atomic E-state index is 12.7. The van der Waals surface area contributed by atoms with Gasteiger partial charge in [0.25, 0.3) is 0 Å². The van der Waals surface area contributed by atoms with Gasteiger partial charge in [-0.25, -0.2) is 0 Å². The van der Waals surface area contributed by atoms with E-state index in [4.69, 9.17) is 4.74 Å². The fourth-order valence-corrected chi connectivity index (χ4v) is 4.09. The summed E-state index contributed by atoms with van der Waals surface area (Å²) in [6.07, 6.45) is 4.81. The molecule has 2 aromatic carbocycles. The Bertz CT molecular complexity index is 769. The van der Waals surface area contributed by atoms with Crippen LogP contribution in [0.4, 0.5) is 0 Å². The summed E-state index contributed by atoms with van der Waals surface area (Å²) in [4.78, 5) is 12.7. The standard InChI is InChI=1S/C23H28N2O2/c26-22(11-8-17-12-13-24-16-17)25-23(18-5-2-1-3-6-18)20-9-10-21-19(15-20)7-4-14-27-21/h1-3,5-6,9-10,15,17,23-24H,4,7-8,11-14,16H2,(H,25,26). The highest BCUT2D eigenvalue weighted by molar-refractivity contribution is 5.77. The fraction of sp³-hybridized carbons (Fsp3) is 0.435. The molecule has 142 valence electrons. The van der Waals surface area contributed by atoms with E-state index in [0.717, 1.165) is 55.8 Å². The van der Waals surface area contributed by atoms with Crippen molar-refractivity contribution in [2.24, 2.45) is 5.92 Å². The van der Waals surface area contributed by atoms with Crippen LogP contribution in [0.1, 0.15) is 48.4 Å². The molecule has 0 saturated carbocycles. The third kappa shape index (κ3) is 4.51. The number of aryl methyl sites for hydroxylation is 1. The highest BCUT2D eigenvalue weighted by Gasteiger charge is 2.21. The molecule has 2 heterocycles. The second-order valence-electron chi connectivity index (χ2n) is 7.63. The molecule has 2 aliphatic rings. The predicted molar refractivity (Wildman–Crippen MR) is 107 cm³/mol. The minimum absolute atomic E-state index is 0.118. The number of ether oxygens (including phenoxy) is 1. The van der Waals surface area contributed by atoms with Crippen molar-refractivity contribution in [3.8, 4) is 5.75 Å². The minimum Gasteiger partial charge on any atom is -0.493 e. The van der Waals surface area contributed by atoms with Crippen LogP contribution in [0.3, 0.4) is 0 Å². The lowest BCUT2D eigenvalue weighted by Gasteiger charge is -2.23. The molecule has 4 nitrogen and oxygen atoms in total. The molecule has 1 saturated heterocycles. The van der Waals surface area contributed by atoms with Crippen molar-refractivity contribution in [3.63, 3.8) is 0 Å². The normalized spacial score (nSPS) is 19.8. The molecule has 2 aromatic rings. The van der Waals surface area contributed by atoms with Crippen molar-refractivity contribution >= 4 is 5.91 Å². The fourth-order valence-electron chi connectivity index (χ4n) is 4.09. The molecule has 2 unspecified atom stereocenters. The van der Waals surface area contributed by atoms with Gasteiger partial charge in [-0.2, -0.15) is 0 Å². The first-order valence-electron chi connectivity index (χ1n) is 10.1. The Morgan fingerprint density at radius 1 is 1.19 bits per heavy atom. The lowest BCUT2D eigenvalue weighted by atomic mass is 9.94. The second-order valence-corrected chi connectivity index (χ2v) is 7.63. The molecule has 0 bridgehead atoms. The van der Waals surface area contributed by atoms with Gasteiger partial charge in [0.05, 0.1) is 12.6 Å². The molecular weight excluding hydrogens is 336 g/mol. The first kappa shape index (κ1) is 18.1. The van der Waals surface area contributed by atoms with Crippen LogP contribution in [0.15, 0.2) is 48.5 Å². The van der Waals surface area contributed by atoms with Crippen molar-refractivity contribution in [2.75, 3.05) is 19.7 Å². The molecular formula is C23H28N2O2. The summed E-state index contributed by atoms with van der Waals surface area (Å²) in [5.41, 5.74) is 3.48. The monoisotopic (exact) mass is 364 g/mol. The number of rotatable bonds is 6. The van der Waals surface area contributed by atoms with E-state index in [1.807, 2.05) is 18.2 Å². The van der Waals surface area contributed by atoms with E-state index in [1.54, 1.807) is 0 Å². The quantitative estimate of drug-likeness (QED) is 0.823. The van der Waals surface area contributed by atoms with Crippen molar-refractivity contribution < 1.29 is 9.53 Å². The first-order chi connectivity index (χ1) is 13.3. The summed E-state index contributed by atoms with van der Waals surface area (Å²) in [5.74, 6) is 1.74. The van der Waals surface area contributed by atoms with Gasteiger partial charge in [-0.3, -0.25) is 4.79 Å². The van der Waals surface area contributed by atoms with Crippen molar-refractivity contribution in [2.45, 2.75) is 38.1 Å². The summed E-state index contributed by atoms with van der Waals surface area (Å²) < 4.78 is 5.75. The molecule has 0 radical (unpaired) electrons. The highest BCUT2D eigenvalue weighted by atomic mass is 16.5. The molecule has 1 fully saturated rings. The number of carbonyl (C=O) groups is 1. The zero-order valence-corrected chi connectivity index (χ0v) is 15.7. The molecule has 0 aromatic heterocycles. The van der Waals surface area contributed by atoms with Crippen LogP contribution in [-0.4, -0.2) is 25.6 Å². The predicted octanol–water partition coefficient (Wildman–Crippen LogP) is 3.61. The van der Waals surface area contributed by atoms with Crippen molar-refractivity contribution in [1.82, 2.24) is 10.6 Å². The number of benzene rings is 2. The van der Waals surface area contributed by atoms with Crippen molar-refractivity contribution in [1.29, 1.82) is 0 Å². The van der Waals surface area contributed by atoms with Crippen LogP contribution in [0.25, 0.3) is 0 Å². The number of nitrogens with one attached hydrogen (secondary N) is 2. The van der Waals surface area contributed by atoms with Crippen LogP contribution in [0.2, 0.25) is 0 Å². The molecule has 27 heavy (non-hydrogen) atoms. The molecule has 4 rings (SSSR count). The number of hydrogen-bond acceptors (Lipinski definition) is 3. The smallest absolute Gasteiger partial charge is 0.220 e. The van der Waals surface area contributed by atoms with Crippen LogP contribution >= 0.6 is 0 Å². The van der Waals surface area contributed by atoms with Gasteiger partial charge in [-0.05, 0) is 73.5 Å². The first-order valence-corrected chi connectivity index (χ1v) is 10.1. The molecule has 2 aliphatic heterocycles. The number of carbonyl (C=O) groups excluding carboxylic acids is 1. The van der Waals surface area contributed by atoms with E-state index in [-0.39, 0.29) is 11.9 Å². The lowest BCUT2D eigenvalue weighted by molar-refractivity contribution is -0.121. The Kier molecular flexibility index (Phi) is 5.73. The third-order valence-electron chi connectivity index (χ3n) is 5.65. The van der Waals surface area contributed by atoms with E-state index in [9.17, 15) is 4.79 Å². The SMILES string of the molecule is O=C(CCC1CCNC1)NC(c1ccccc1)c1ccc2c(c1)CCCO2. The van der Waals surface area contributed by atoms with Crippen LogP contribution in [0.5, 0.6) is 5.75 Å². The van der Waals surface area contributed by atoms with Crippen LogP contribution < -0.4 is 15.4 Å². The Hall–Kier alpha value is -2.33. The summed E-state index contributed by atoms with van der Waals surface area (Å²) in [6, 6.07) is 16.5. The minimum atomic E-state index is -0.118. The van der Waals surface area contributed by atoms with E-state index in [0.29, 0.717) is 12.3 Å². The van der Waals surface area contributed by atoms with Gasteiger partial charge >= 0.3 is 0 Å². The molecule has 0 spiro atoms. The Labute approximate surface area is 161 Å². The average Bonchev–Trinajstić information content (AvgIpc) is 3.24. The van der Waals surface area contributed by atoms with Crippen LogP contribution in [-0.2, 0) is 11.2 Å². The molecule has 1 amide bonds. The number of fused-ring (bicyclic) bond motifs is 1. The third-order valence-corrected chi connectivity index (χ3v) is 5.65. The Morgan fingerprint density at radius 2 is 2.07 bits per heavy atom. The van der Waals surface area contributed by atoms with Gasteiger partial charge in [0.2, 0.25) is 5.91 Å². The van der Waals surface area contributed by atoms with Gasteiger partial charge in [-0.1, -0.05) is 36.4 Å². The van der Waals surface area contributed by atoms with E-state index < -0.39 is 0 Å². The zero-order valence-electron chi connectivity index (χ0n) is 15.7. The van der Waals surface area contributed by atoms with Gasteiger partial charge in [0.1, 0.15) is 5.75 Å². The summed E-state index contributed by atoms with van der Waals surface area (Å²) in [5, 5.41) is 6.65. The number of hydrogen-bond donors (Lipinski definition) is 2. The maximum absolute atomic E-state index is 12.7. The van der Waals surface area contributed by atoms with E-state index >= 15 is 0 Å². The summed E-state index contributed by atoms with van der Waals surface area (Å²) in [7, 11) is 0. The zero-order chi connectivity index (χ0) is 18.5. The topological polar surface area (TPSA) is 50.4 Å². The Balaban J connectivity index is 1.51. The molecule has 4 heteroatoms. The largest absolute Gasteiger partial charge is 0.493 e. The Morgan fingerprint density at radius 3 is 2.89 bits per heavy atom.